The quantitative estimate of drug-likeness (QED) is 0.727. The highest BCUT2D eigenvalue weighted by Gasteiger charge is 2.37. The van der Waals surface area contributed by atoms with E-state index in [1.165, 1.54) is 33.0 Å². The van der Waals surface area contributed by atoms with Crippen LogP contribution in [0.2, 0.25) is 5.02 Å². The number of imide groups is 1. The third-order valence-corrected chi connectivity index (χ3v) is 5.29. The zero-order valence-corrected chi connectivity index (χ0v) is 16.0. The van der Waals surface area contributed by atoms with Gasteiger partial charge < -0.3 is 9.47 Å². The highest BCUT2D eigenvalue weighted by Crippen LogP contribution is 2.41. The fourth-order valence-electron chi connectivity index (χ4n) is 2.58. The number of amides is 2. The van der Waals surface area contributed by atoms with Crippen molar-refractivity contribution >= 4 is 40.8 Å². The number of carbonyl (C=O) groups excluding carboxylic acids is 2. The van der Waals surface area contributed by atoms with Crippen molar-refractivity contribution in [2.24, 2.45) is 0 Å². The maximum atomic E-state index is 12.7. The average molecular weight is 390 g/mol. The molecule has 1 aliphatic heterocycles. The van der Waals surface area contributed by atoms with E-state index < -0.39 is 0 Å². The van der Waals surface area contributed by atoms with Crippen LogP contribution in [-0.2, 0) is 9.59 Å². The number of nitrogens with zero attached hydrogens (tertiary/aromatic N) is 1. The summed E-state index contributed by atoms with van der Waals surface area (Å²) in [6.07, 6.45) is 0. The van der Waals surface area contributed by atoms with Gasteiger partial charge in [0.25, 0.3) is 11.8 Å². The Labute approximate surface area is 160 Å². The van der Waals surface area contributed by atoms with Crippen LogP contribution < -0.4 is 9.47 Å². The number of hydrogen-bond acceptors (Lipinski definition) is 5. The number of halogens is 1. The molecule has 0 unspecified atom stereocenters. The monoisotopic (exact) mass is 389 g/mol. The molecule has 0 aliphatic carbocycles. The lowest BCUT2D eigenvalue weighted by Gasteiger charge is -2.10. The molecule has 0 N–H and O–H groups in total. The predicted molar refractivity (Wildman–Crippen MR) is 102 cm³/mol. The first kappa shape index (κ1) is 18.4. The van der Waals surface area contributed by atoms with Crippen molar-refractivity contribution in [1.82, 2.24) is 4.90 Å². The van der Waals surface area contributed by atoms with Gasteiger partial charge in [-0.2, -0.15) is 0 Å². The molecule has 0 fully saturated rings. The largest absolute Gasteiger partial charge is 0.493 e. The summed E-state index contributed by atoms with van der Waals surface area (Å²) in [5.74, 6) is 0.357. The standard InChI is InChI=1S/C19H16ClNO4S/c1-21-18(22)16(11-4-9-14(24-2)15(10-11)25-3)17(19(21)23)26-13-7-5-12(20)6-8-13/h4-10H,1-3H3. The van der Waals surface area contributed by atoms with Gasteiger partial charge in [0.15, 0.2) is 11.5 Å². The van der Waals surface area contributed by atoms with Crippen LogP contribution in [0.25, 0.3) is 5.57 Å². The molecule has 2 amide bonds. The molecule has 1 heterocycles. The number of carbonyl (C=O) groups is 2. The number of benzene rings is 2. The number of rotatable bonds is 5. The van der Waals surface area contributed by atoms with E-state index in [9.17, 15) is 9.59 Å². The van der Waals surface area contributed by atoms with Crippen molar-refractivity contribution in [3.05, 3.63) is 58.0 Å². The van der Waals surface area contributed by atoms with Crippen molar-refractivity contribution in [2.75, 3.05) is 21.3 Å². The Morgan fingerprint density at radius 1 is 0.923 bits per heavy atom. The Hall–Kier alpha value is -2.44. The molecule has 2 aromatic carbocycles. The van der Waals surface area contributed by atoms with Crippen LogP contribution in [0, 0.1) is 0 Å². The van der Waals surface area contributed by atoms with E-state index in [2.05, 4.69) is 0 Å². The second-order valence-corrected chi connectivity index (χ2v) is 7.02. The van der Waals surface area contributed by atoms with Crippen LogP contribution in [-0.4, -0.2) is 38.0 Å². The number of hydrogen-bond donors (Lipinski definition) is 0. The molecule has 0 spiro atoms. The van der Waals surface area contributed by atoms with Gasteiger partial charge in [-0.25, -0.2) is 0 Å². The highest BCUT2D eigenvalue weighted by molar-refractivity contribution is 8.04. The maximum absolute atomic E-state index is 12.7. The zero-order chi connectivity index (χ0) is 18.8. The van der Waals surface area contributed by atoms with Crippen molar-refractivity contribution < 1.29 is 19.1 Å². The molecule has 0 aromatic heterocycles. The van der Waals surface area contributed by atoms with Gasteiger partial charge in [0.1, 0.15) is 0 Å². The summed E-state index contributed by atoms with van der Waals surface area (Å²) >= 11 is 7.15. The molecular weight excluding hydrogens is 374 g/mol. The van der Waals surface area contributed by atoms with Gasteiger partial charge in [-0.1, -0.05) is 29.4 Å². The van der Waals surface area contributed by atoms with Gasteiger partial charge in [0.05, 0.1) is 24.7 Å². The van der Waals surface area contributed by atoms with E-state index in [-0.39, 0.29) is 11.8 Å². The van der Waals surface area contributed by atoms with E-state index in [1.54, 1.807) is 30.3 Å². The zero-order valence-electron chi connectivity index (χ0n) is 14.4. The van der Waals surface area contributed by atoms with Gasteiger partial charge in [-0.3, -0.25) is 14.5 Å². The third kappa shape index (κ3) is 3.30. The van der Waals surface area contributed by atoms with Gasteiger partial charge in [-0.15, -0.1) is 0 Å². The van der Waals surface area contributed by atoms with Gasteiger partial charge >= 0.3 is 0 Å². The van der Waals surface area contributed by atoms with Crippen molar-refractivity contribution in [3.8, 4) is 11.5 Å². The average Bonchev–Trinajstić information content (AvgIpc) is 2.87. The molecule has 0 saturated carbocycles. The first-order valence-corrected chi connectivity index (χ1v) is 8.88. The first-order chi connectivity index (χ1) is 12.5. The van der Waals surface area contributed by atoms with E-state index in [1.807, 2.05) is 12.1 Å². The molecular formula is C19H16ClNO4S. The molecule has 26 heavy (non-hydrogen) atoms. The minimum absolute atomic E-state index is 0.334. The second kappa shape index (κ2) is 7.43. The molecule has 3 rings (SSSR count). The van der Waals surface area contributed by atoms with Crippen molar-refractivity contribution in [1.29, 1.82) is 0 Å². The Bertz CT molecular complexity index is 908. The minimum Gasteiger partial charge on any atom is -0.493 e. The Kier molecular flexibility index (Phi) is 5.25. The Morgan fingerprint density at radius 2 is 1.58 bits per heavy atom. The molecule has 1 aliphatic rings. The summed E-state index contributed by atoms with van der Waals surface area (Å²) < 4.78 is 10.5. The summed E-state index contributed by atoms with van der Waals surface area (Å²) in [5.41, 5.74) is 0.945. The maximum Gasteiger partial charge on any atom is 0.268 e. The van der Waals surface area contributed by atoms with Gasteiger partial charge in [0, 0.05) is 17.0 Å². The highest BCUT2D eigenvalue weighted by atomic mass is 35.5. The lowest BCUT2D eigenvalue weighted by molar-refractivity contribution is -0.134. The molecule has 134 valence electrons. The minimum atomic E-state index is -0.348. The van der Waals surface area contributed by atoms with Crippen LogP contribution in [0.1, 0.15) is 5.56 Å². The molecule has 2 aromatic rings. The summed E-state index contributed by atoms with van der Waals surface area (Å²) in [6.45, 7) is 0. The summed E-state index contributed by atoms with van der Waals surface area (Å²) in [4.78, 5) is 27.6. The van der Waals surface area contributed by atoms with Crippen LogP contribution in [0.15, 0.2) is 52.3 Å². The Morgan fingerprint density at radius 3 is 2.19 bits per heavy atom. The molecule has 7 heteroatoms. The van der Waals surface area contributed by atoms with E-state index >= 15 is 0 Å². The third-order valence-electron chi connectivity index (χ3n) is 3.95. The SMILES string of the molecule is COc1ccc(C2=C(Sc3ccc(Cl)cc3)C(=O)N(C)C2=O)cc1OC. The van der Waals surface area contributed by atoms with Crippen molar-refractivity contribution in [2.45, 2.75) is 4.90 Å². The van der Waals surface area contributed by atoms with Crippen LogP contribution >= 0.6 is 23.4 Å². The lowest BCUT2D eigenvalue weighted by Crippen LogP contribution is -2.26. The summed E-state index contributed by atoms with van der Waals surface area (Å²) in [7, 11) is 4.53. The number of methoxy groups -OCH3 is 2. The fourth-order valence-corrected chi connectivity index (χ4v) is 3.74. The van der Waals surface area contributed by atoms with E-state index in [0.29, 0.717) is 32.6 Å². The fraction of sp³-hybridized carbons (Fsp3) is 0.158. The van der Waals surface area contributed by atoms with Crippen LogP contribution in [0.5, 0.6) is 11.5 Å². The van der Waals surface area contributed by atoms with Crippen molar-refractivity contribution in [3.63, 3.8) is 0 Å². The second-order valence-electron chi connectivity index (χ2n) is 5.50. The predicted octanol–water partition coefficient (Wildman–Crippen LogP) is 3.86. The summed E-state index contributed by atoms with van der Waals surface area (Å²) in [6, 6.07) is 12.2. The van der Waals surface area contributed by atoms with E-state index in [4.69, 9.17) is 21.1 Å². The normalized spacial score (nSPS) is 14.2. The molecule has 0 saturated heterocycles. The smallest absolute Gasteiger partial charge is 0.268 e. The topological polar surface area (TPSA) is 55.8 Å². The first-order valence-electron chi connectivity index (χ1n) is 7.68. The molecule has 5 nitrogen and oxygen atoms in total. The molecule has 0 radical (unpaired) electrons. The Balaban J connectivity index is 2.09. The van der Waals surface area contributed by atoms with Gasteiger partial charge in [0.2, 0.25) is 0 Å². The van der Waals surface area contributed by atoms with Crippen LogP contribution in [0.4, 0.5) is 0 Å². The molecule has 0 atom stereocenters. The van der Waals surface area contributed by atoms with Crippen LogP contribution in [0.3, 0.4) is 0 Å². The van der Waals surface area contributed by atoms with Gasteiger partial charge in [-0.05, 0) is 42.0 Å². The number of thioether (sulfide) groups is 1. The number of ether oxygens (including phenoxy) is 2. The molecule has 0 bridgehead atoms. The summed E-state index contributed by atoms with van der Waals surface area (Å²) in [5, 5.41) is 0.606. The van der Waals surface area contributed by atoms with E-state index in [0.717, 1.165) is 9.80 Å². The lowest BCUT2D eigenvalue weighted by atomic mass is 10.1. The number of likely N-dealkylation sites (N-methyl/N-ethyl adjacent to an activating group) is 1.